The highest BCUT2D eigenvalue weighted by Crippen LogP contribution is 2.50. The molecule has 2 heterocycles. The Morgan fingerprint density at radius 1 is 1.14 bits per heavy atom. The number of halogens is 1. The van der Waals surface area contributed by atoms with Gasteiger partial charge >= 0.3 is 0 Å². The number of aryl methyl sites for hydroxylation is 1. The molecule has 0 radical (unpaired) electrons. The van der Waals surface area contributed by atoms with Crippen molar-refractivity contribution in [3.8, 4) is 0 Å². The molecule has 1 fully saturated rings. The average Bonchev–Trinajstić information content (AvgIpc) is 3.41. The van der Waals surface area contributed by atoms with Crippen molar-refractivity contribution < 1.29 is 9.18 Å². The van der Waals surface area contributed by atoms with E-state index in [1.807, 2.05) is 30.4 Å². The third-order valence-electron chi connectivity index (χ3n) is 6.17. The maximum atomic E-state index is 13.6. The van der Waals surface area contributed by atoms with Crippen molar-refractivity contribution >= 4 is 5.91 Å². The van der Waals surface area contributed by atoms with Gasteiger partial charge in [-0.05, 0) is 47.2 Å². The second-order valence-electron chi connectivity index (χ2n) is 7.97. The number of rotatable bonds is 3. The molecule has 1 amide bonds. The Hall–Kier alpha value is -2.95. The SMILES string of the molecule is Cn1cc(C2CN(C(=O)C3(c4ccc(F)cc4)CC3)Cc3ccccc32)cn1. The van der Waals surface area contributed by atoms with E-state index in [0.29, 0.717) is 13.1 Å². The number of aromatic nitrogens is 2. The Morgan fingerprint density at radius 3 is 2.57 bits per heavy atom. The fourth-order valence-corrected chi connectivity index (χ4v) is 4.49. The van der Waals surface area contributed by atoms with E-state index < -0.39 is 5.41 Å². The lowest BCUT2D eigenvalue weighted by molar-refractivity contribution is -0.135. The molecule has 2 aromatic carbocycles. The van der Waals surface area contributed by atoms with Gasteiger partial charge in [0.2, 0.25) is 5.91 Å². The summed E-state index contributed by atoms with van der Waals surface area (Å²) in [5.41, 5.74) is 4.02. The quantitative estimate of drug-likeness (QED) is 0.699. The number of amides is 1. The van der Waals surface area contributed by atoms with Crippen LogP contribution in [0.4, 0.5) is 4.39 Å². The molecule has 0 N–H and O–H groups in total. The minimum Gasteiger partial charge on any atom is -0.337 e. The van der Waals surface area contributed by atoms with Crippen LogP contribution in [-0.4, -0.2) is 27.1 Å². The second-order valence-corrected chi connectivity index (χ2v) is 7.97. The fourth-order valence-electron chi connectivity index (χ4n) is 4.49. The van der Waals surface area contributed by atoms with E-state index in [2.05, 4.69) is 23.3 Å². The Kier molecular flexibility index (Phi) is 3.86. The summed E-state index contributed by atoms with van der Waals surface area (Å²) in [7, 11) is 1.91. The van der Waals surface area contributed by atoms with Crippen LogP contribution in [0.1, 0.15) is 41.0 Å². The monoisotopic (exact) mass is 375 g/mol. The van der Waals surface area contributed by atoms with Crippen LogP contribution in [0, 0.1) is 5.82 Å². The molecule has 1 unspecified atom stereocenters. The van der Waals surface area contributed by atoms with E-state index in [4.69, 9.17) is 0 Å². The molecule has 0 saturated heterocycles. The van der Waals surface area contributed by atoms with Crippen LogP contribution in [0.2, 0.25) is 0 Å². The number of benzene rings is 2. The van der Waals surface area contributed by atoms with Crippen LogP contribution in [0.3, 0.4) is 0 Å². The van der Waals surface area contributed by atoms with Crippen molar-refractivity contribution in [2.75, 3.05) is 6.54 Å². The number of carbonyl (C=O) groups is 1. The minimum atomic E-state index is -0.487. The molecule has 1 aliphatic carbocycles. The highest BCUT2D eigenvalue weighted by Gasteiger charge is 2.53. The predicted octanol–water partition coefficient (Wildman–Crippen LogP) is 3.77. The first-order valence-electron chi connectivity index (χ1n) is 9.69. The normalized spacial score (nSPS) is 19.9. The third kappa shape index (κ3) is 2.73. The summed E-state index contributed by atoms with van der Waals surface area (Å²) in [6.45, 7) is 1.26. The van der Waals surface area contributed by atoms with E-state index in [0.717, 1.165) is 24.0 Å². The molecule has 5 heteroatoms. The molecule has 1 atom stereocenters. The molecule has 4 nitrogen and oxygen atoms in total. The van der Waals surface area contributed by atoms with E-state index in [-0.39, 0.29) is 17.6 Å². The topological polar surface area (TPSA) is 38.1 Å². The summed E-state index contributed by atoms with van der Waals surface area (Å²) in [6.07, 6.45) is 5.57. The molecule has 142 valence electrons. The first-order valence-corrected chi connectivity index (χ1v) is 9.69. The molecule has 5 rings (SSSR count). The van der Waals surface area contributed by atoms with Crippen LogP contribution >= 0.6 is 0 Å². The number of fused-ring (bicyclic) bond motifs is 1. The summed E-state index contributed by atoms with van der Waals surface area (Å²) in [5.74, 6) is 0.00431. The lowest BCUT2D eigenvalue weighted by Crippen LogP contribution is -2.44. The average molecular weight is 375 g/mol. The van der Waals surface area contributed by atoms with Gasteiger partial charge in [-0.1, -0.05) is 36.4 Å². The molecular formula is C23H22FN3O. The highest BCUT2D eigenvalue weighted by atomic mass is 19.1. The van der Waals surface area contributed by atoms with E-state index >= 15 is 0 Å². The van der Waals surface area contributed by atoms with E-state index in [1.54, 1.807) is 16.8 Å². The molecule has 1 saturated carbocycles. The van der Waals surface area contributed by atoms with E-state index in [1.165, 1.54) is 23.3 Å². The predicted molar refractivity (Wildman–Crippen MR) is 104 cm³/mol. The van der Waals surface area contributed by atoms with Crippen LogP contribution < -0.4 is 0 Å². The first-order chi connectivity index (χ1) is 13.6. The van der Waals surface area contributed by atoms with Crippen molar-refractivity contribution in [2.45, 2.75) is 30.7 Å². The lowest BCUT2D eigenvalue weighted by atomic mass is 9.84. The Bertz CT molecular complexity index is 1040. The summed E-state index contributed by atoms with van der Waals surface area (Å²) >= 11 is 0. The molecular weight excluding hydrogens is 353 g/mol. The van der Waals surface area contributed by atoms with Gasteiger partial charge in [0.15, 0.2) is 0 Å². The van der Waals surface area contributed by atoms with Gasteiger partial charge in [-0.3, -0.25) is 9.48 Å². The van der Waals surface area contributed by atoms with Gasteiger partial charge in [-0.2, -0.15) is 5.10 Å². The number of hydrogen-bond donors (Lipinski definition) is 0. The zero-order valence-corrected chi connectivity index (χ0v) is 15.8. The van der Waals surface area contributed by atoms with Gasteiger partial charge in [0.1, 0.15) is 5.82 Å². The molecule has 1 aliphatic heterocycles. The second kappa shape index (κ2) is 6.30. The number of carbonyl (C=O) groups excluding carboxylic acids is 1. The van der Waals surface area contributed by atoms with Gasteiger partial charge < -0.3 is 4.90 Å². The van der Waals surface area contributed by atoms with Crippen LogP contribution in [0.5, 0.6) is 0 Å². The van der Waals surface area contributed by atoms with Crippen molar-refractivity contribution in [3.63, 3.8) is 0 Å². The maximum Gasteiger partial charge on any atom is 0.233 e. The first kappa shape index (κ1) is 17.2. The van der Waals surface area contributed by atoms with Gasteiger partial charge in [-0.15, -0.1) is 0 Å². The minimum absolute atomic E-state index is 0.117. The number of hydrogen-bond acceptors (Lipinski definition) is 2. The van der Waals surface area contributed by atoms with Crippen molar-refractivity contribution in [2.24, 2.45) is 7.05 Å². The van der Waals surface area contributed by atoms with Gasteiger partial charge in [0.25, 0.3) is 0 Å². The summed E-state index contributed by atoms with van der Waals surface area (Å²) in [5, 5.41) is 4.33. The molecule has 0 spiro atoms. The summed E-state index contributed by atoms with van der Waals surface area (Å²) in [6, 6.07) is 14.8. The van der Waals surface area contributed by atoms with Crippen LogP contribution in [0.15, 0.2) is 60.9 Å². The zero-order chi connectivity index (χ0) is 19.3. The molecule has 3 aromatic rings. The van der Waals surface area contributed by atoms with Gasteiger partial charge in [-0.25, -0.2) is 4.39 Å². The Balaban J connectivity index is 1.49. The fraction of sp³-hybridized carbons (Fsp3) is 0.304. The maximum absolute atomic E-state index is 13.6. The summed E-state index contributed by atoms with van der Waals surface area (Å²) in [4.78, 5) is 15.6. The largest absolute Gasteiger partial charge is 0.337 e. The standard InChI is InChI=1S/C23H22FN3O/c1-26-13-17(12-25-26)21-15-27(14-16-4-2-3-5-20(16)21)22(28)23(10-11-23)18-6-8-19(24)9-7-18/h2-9,12-13,21H,10-11,14-15H2,1H3. The van der Waals surface area contributed by atoms with E-state index in [9.17, 15) is 9.18 Å². The Morgan fingerprint density at radius 2 is 1.89 bits per heavy atom. The van der Waals surface area contributed by atoms with Crippen LogP contribution in [0.25, 0.3) is 0 Å². The highest BCUT2D eigenvalue weighted by molar-refractivity contribution is 5.91. The lowest BCUT2D eigenvalue weighted by Gasteiger charge is -2.36. The third-order valence-corrected chi connectivity index (χ3v) is 6.17. The molecule has 2 aliphatic rings. The van der Waals surface area contributed by atoms with Crippen LogP contribution in [-0.2, 0) is 23.8 Å². The zero-order valence-electron chi connectivity index (χ0n) is 15.8. The van der Waals surface area contributed by atoms with Gasteiger partial charge in [0.05, 0.1) is 11.6 Å². The molecule has 1 aromatic heterocycles. The van der Waals surface area contributed by atoms with Crippen molar-refractivity contribution in [1.82, 2.24) is 14.7 Å². The molecule has 28 heavy (non-hydrogen) atoms. The smallest absolute Gasteiger partial charge is 0.233 e. The number of nitrogens with zero attached hydrogens (tertiary/aromatic N) is 3. The van der Waals surface area contributed by atoms with Crippen molar-refractivity contribution in [1.29, 1.82) is 0 Å². The van der Waals surface area contributed by atoms with Crippen molar-refractivity contribution in [3.05, 3.63) is 89.0 Å². The summed E-state index contributed by atoms with van der Waals surface area (Å²) < 4.78 is 15.2. The van der Waals surface area contributed by atoms with Gasteiger partial charge in [0, 0.05) is 32.3 Å². The Labute approximate surface area is 163 Å². The molecule has 0 bridgehead atoms.